The van der Waals surface area contributed by atoms with Crippen LogP contribution in [0.25, 0.3) is 0 Å². The van der Waals surface area contributed by atoms with Crippen molar-refractivity contribution in [2.24, 2.45) is 0 Å². The van der Waals surface area contributed by atoms with Crippen LogP contribution in [-0.2, 0) is 24.0 Å². The molecule has 0 spiro atoms. The van der Waals surface area contributed by atoms with E-state index < -0.39 is 22.5 Å². The standard InChI is InChI=1S/C21H24O6/c1-5-12-9-14-16(18(22)24-12)20(7-3)11-21(8-4,26-14)17-15(27-20)10-13(6-2)25-19(17)23/h9-10H,5-8,11H2,1-4H3. The average molecular weight is 372 g/mol. The average Bonchev–Trinajstić information content (AvgIpc) is 2.66. The molecule has 4 rings (SSSR count). The molecule has 27 heavy (non-hydrogen) atoms. The van der Waals surface area contributed by atoms with Crippen molar-refractivity contribution in [3.63, 3.8) is 0 Å². The lowest BCUT2D eigenvalue weighted by molar-refractivity contribution is -0.101. The molecule has 0 radical (unpaired) electrons. The van der Waals surface area contributed by atoms with Gasteiger partial charge in [-0.2, -0.15) is 0 Å². The Bertz CT molecular complexity index is 935. The van der Waals surface area contributed by atoms with E-state index in [1.165, 1.54) is 0 Å². The van der Waals surface area contributed by atoms with Crippen molar-refractivity contribution in [2.45, 2.75) is 71.0 Å². The summed E-state index contributed by atoms with van der Waals surface area (Å²) in [6, 6.07) is 3.50. The molecule has 0 aromatic carbocycles. The van der Waals surface area contributed by atoms with Crippen LogP contribution in [-0.4, -0.2) is 0 Å². The molecule has 2 atom stereocenters. The summed E-state index contributed by atoms with van der Waals surface area (Å²) in [5.74, 6) is 1.99. The van der Waals surface area contributed by atoms with Crippen molar-refractivity contribution >= 4 is 0 Å². The molecule has 0 aliphatic carbocycles. The van der Waals surface area contributed by atoms with Crippen LogP contribution in [0.1, 0.15) is 69.6 Å². The third-order valence-corrected chi connectivity index (χ3v) is 5.86. The highest BCUT2D eigenvalue weighted by atomic mass is 16.5. The largest absolute Gasteiger partial charge is 0.481 e. The molecule has 0 fully saturated rings. The van der Waals surface area contributed by atoms with E-state index in [-0.39, 0.29) is 0 Å². The van der Waals surface area contributed by atoms with Gasteiger partial charge in [-0.1, -0.05) is 27.7 Å². The van der Waals surface area contributed by atoms with Crippen LogP contribution in [0.4, 0.5) is 0 Å². The number of rotatable bonds is 4. The zero-order valence-electron chi connectivity index (χ0n) is 16.1. The fraction of sp³-hybridized carbons (Fsp3) is 0.524. The molecular weight excluding hydrogens is 348 g/mol. The highest BCUT2D eigenvalue weighted by Crippen LogP contribution is 2.56. The highest BCUT2D eigenvalue weighted by molar-refractivity contribution is 5.49. The molecule has 0 amide bonds. The summed E-state index contributed by atoms with van der Waals surface area (Å²) < 4.78 is 23.7. The molecule has 4 heterocycles. The summed E-state index contributed by atoms with van der Waals surface area (Å²) in [4.78, 5) is 25.6. The van der Waals surface area contributed by atoms with E-state index in [4.69, 9.17) is 18.3 Å². The highest BCUT2D eigenvalue weighted by Gasteiger charge is 2.58. The van der Waals surface area contributed by atoms with E-state index in [2.05, 4.69) is 0 Å². The van der Waals surface area contributed by atoms with Gasteiger partial charge >= 0.3 is 11.3 Å². The molecule has 0 saturated heterocycles. The number of aryl methyl sites for hydroxylation is 2. The zero-order valence-corrected chi connectivity index (χ0v) is 16.1. The minimum atomic E-state index is -0.887. The topological polar surface area (TPSA) is 78.9 Å². The molecular formula is C21H24O6. The van der Waals surface area contributed by atoms with E-state index in [1.54, 1.807) is 12.1 Å². The van der Waals surface area contributed by atoms with Gasteiger partial charge in [0, 0.05) is 31.4 Å². The lowest BCUT2D eigenvalue weighted by Gasteiger charge is -2.51. The molecule has 2 aromatic rings. The van der Waals surface area contributed by atoms with Crippen LogP contribution < -0.4 is 20.7 Å². The van der Waals surface area contributed by atoms with E-state index in [9.17, 15) is 9.59 Å². The Labute approximate surface area is 157 Å². The van der Waals surface area contributed by atoms with Crippen molar-refractivity contribution in [1.29, 1.82) is 0 Å². The second-order valence-electron chi connectivity index (χ2n) is 7.26. The first-order valence-corrected chi connectivity index (χ1v) is 9.65. The lowest BCUT2D eigenvalue weighted by atomic mass is 9.71. The molecule has 2 unspecified atom stereocenters. The van der Waals surface area contributed by atoms with Gasteiger partial charge in [0.05, 0.1) is 0 Å². The van der Waals surface area contributed by atoms with Crippen LogP contribution in [0.3, 0.4) is 0 Å². The Kier molecular flexibility index (Phi) is 3.98. The Morgan fingerprint density at radius 2 is 1.19 bits per heavy atom. The van der Waals surface area contributed by atoms with Gasteiger partial charge in [-0.25, -0.2) is 9.59 Å². The van der Waals surface area contributed by atoms with Gasteiger partial charge in [0.2, 0.25) is 0 Å². The predicted molar refractivity (Wildman–Crippen MR) is 98.5 cm³/mol. The molecule has 0 saturated carbocycles. The summed E-state index contributed by atoms with van der Waals surface area (Å²) in [5.41, 5.74) is -1.83. The first-order chi connectivity index (χ1) is 12.9. The summed E-state index contributed by atoms with van der Waals surface area (Å²) in [6.45, 7) is 7.76. The molecule has 0 N–H and O–H groups in total. The van der Waals surface area contributed by atoms with Crippen molar-refractivity contribution in [2.75, 3.05) is 0 Å². The SMILES string of the molecule is CCc1cc2c(c(=O)o1)C1(CC)CC(CC)(O2)c2c(cc(CC)oc2=O)O1. The maximum Gasteiger partial charge on any atom is 0.346 e. The van der Waals surface area contributed by atoms with E-state index in [0.717, 1.165) is 0 Å². The fourth-order valence-electron chi connectivity index (χ4n) is 4.35. The van der Waals surface area contributed by atoms with Crippen molar-refractivity contribution in [1.82, 2.24) is 0 Å². The van der Waals surface area contributed by atoms with Crippen molar-refractivity contribution in [3.8, 4) is 11.5 Å². The van der Waals surface area contributed by atoms with E-state index in [0.29, 0.717) is 66.3 Å². The van der Waals surface area contributed by atoms with Crippen LogP contribution in [0.15, 0.2) is 30.6 Å². The molecule has 2 aromatic heterocycles. The fourth-order valence-corrected chi connectivity index (χ4v) is 4.35. The second kappa shape index (κ2) is 6.01. The van der Waals surface area contributed by atoms with Crippen LogP contribution in [0.5, 0.6) is 11.5 Å². The summed E-state index contributed by atoms with van der Waals surface area (Å²) in [5, 5.41) is 0. The molecule has 6 heteroatoms. The van der Waals surface area contributed by atoms with Gasteiger partial charge in [0.15, 0.2) is 0 Å². The minimum Gasteiger partial charge on any atom is -0.481 e. The van der Waals surface area contributed by atoms with Crippen LogP contribution in [0, 0.1) is 0 Å². The summed E-state index contributed by atoms with van der Waals surface area (Å²) in [6.07, 6.45) is 2.64. The molecule has 2 aliphatic heterocycles. The van der Waals surface area contributed by atoms with Crippen LogP contribution >= 0.6 is 0 Å². The number of hydrogen-bond acceptors (Lipinski definition) is 6. The minimum absolute atomic E-state index is 0.374. The zero-order chi connectivity index (χ0) is 19.4. The Morgan fingerprint density at radius 1 is 0.778 bits per heavy atom. The number of fused-ring (bicyclic) bond motifs is 6. The van der Waals surface area contributed by atoms with Gasteiger partial charge < -0.3 is 18.3 Å². The van der Waals surface area contributed by atoms with Crippen molar-refractivity contribution in [3.05, 3.63) is 55.6 Å². The van der Waals surface area contributed by atoms with Gasteiger partial charge in [-0.15, -0.1) is 0 Å². The summed E-state index contributed by atoms with van der Waals surface area (Å²) >= 11 is 0. The first kappa shape index (κ1) is 17.9. The first-order valence-electron chi connectivity index (χ1n) is 9.65. The normalized spacial score (nSPS) is 25.2. The quantitative estimate of drug-likeness (QED) is 0.812. The molecule has 2 bridgehead atoms. The Balaban J connectivity index is 2.04. The van der Waals surface area contributed by atoms with Gasteiger partial charge in [-0.05, 0) is 12.8 Å². The maximum absolute atomic E-state index is 12.8. The van der Waals surface area contributed by atoms with E-state index in [1.807, 2.05) is 27.7 Å². The van der Waals surface area contributed by atoms with Crippen LogP contribution in [0.2, 0.25) is 0 Å². The third-order valence-electron chi connectivity index (χ3n) is 5.86. The Hall–Kier alpha value is -2.50. The molecule has 144 valence electrons. The smallest absolute Gasteiger partial charge is 0.346 e. The molecule has 6 nitrogen and oxygen atoms in total. The van der Waals surface area contributed by atoms with E-state index >= 15 is 0 Å². The van der Waals surface area contributed by atoms with Gasteiger partial charge in [0.25, 0.3) is 0 Å². The second-order valence-corrected chi connectivity index (χ2v) is 7.26. The number of ether oxygens (including phenoxy) is 2. The summed E-state index contributed by atoms with van der Waals surface area (Å²) in [7, 11) is 0. The predicted octanol–water partition coefficient (Wildman–Crippen LogP) is 3.80. The van der Waals surface area contributed by atoms with Gasteiger partial charge in [0.1, 0.15) is 45.3 Å². The third kappa shape index (κ3) is 2.38. The number of hydrogen-bond donors (Lipinski definition) is 0. The lowest BCUT2D eigenvalue weighted by Crippen LogP contribution is -2.55. The van der Waals surface area contributed by atoms with Gasteiger partial charge in [-0.3, -0.25) is 0 Å². The maximum atomic E-state index is 12.8. The van der Waals surface area contributed by atoms with Crippen molar-refractivity contribution < 1.29 is 18.3 Å². The molecule has 2 aliphatic rings. The monoisotopic (exact) mass is 372 g/mol. The Morgan fingerprint density at radius 3 is 1.52 bits per heavy atom.